The molecule has 1 amide bonds. The molecule has 0 aromatic carbocycles. The Hall–Kier alpha value is -0.810. The van der Waals surface area contributed by atoms with Crippen LogP contribution in [-0.2, 0) is 4.74 Å². The summed E-state index contributed by atoms with van der Waals surface area (Å²) < 4.78 is 5.52. The molecule has 0 aliphatic carbocycles. The van der Waals surface area contributed by atoms with Gasteiger partial charge in [0.2, 0.25) is 0 Å². The lowest BCUT2D eigenvalue weighted by Gasteiger charge is -2.41. The number of nitrogens with one attached hydrogen (secondary N) is 1. The van der Waals surface area contributed by atoms with Gasteiger partial charge in [-0.2, -0.15) is 0 Å². The van der Waals surface area contributed by atoms with E-state index in [1.54, 1.807) is 0 Å². The zero-order chi connectivity index (χ0) is 17.9. The van der Waals surface area contributed by atoms with Gasteiger partial charge in [-0.25, -0.2) is 4.79 Å². The van der Waals surface area contributed by atoms with Crippen molar-refractivity contribution in [3.05, 3.63) is 0 Å². The maximum absolute atomic E-state index is 12.3. The van der Waals surface area contributed by atoms with Crippen molar-refractivity contribution in [3.63, 3.8) is 0 Å². The lowest BCUT2D eigenvalue weighted by Crippen LogP contribution is -2.53. The van der Waals surface area contributed by atoms with E-state index in [-0.39, 0.29) is 6.09 Å². The van der Waals surface area contributed by atoms with Crippen molar-refractivity contribution in [1.29, 1.82) is 0 Å². The fraction of sp³-hybridized carbons (Fsp3) is 0.947. The minimum Gasteiger partial charge on any atom is -0.444 e. The van der Waals surface area contributed by atoms with E-state index in [0.29, 0.717) is 24.0 Å². The van der Waals surface area contributed by atoms with Crippen molar-refractivity contribution in [2.45, 2.75) is 84.0 Å². The van der Waals surface area contributed by atoms with Gasteiger partial charge >= 0.3 is 6.09 Å². The van der Waals surface area contributed by atoms with E-state index >= 15 is 0 Å². The molecule has 4 atom stereocenters. The van der Waals surface area contributed by atoms with Crippen molar-refractivity contribution in [3.8, 4) is 0 Å². The summed E-state index contributed by atoms with van der Waals surface area (Å²) in [5, 5.41) is 3.90. The van der Waals surface area contributed by atoms with Crippen LogP contribution in [0.3, 0.4) is 0 Å². The molecule has 24 heavy (non-hydrogen) atoms. The molecule has 2 aliphatic heterocycles. The minimum atomic E-state index is -0.416. The molecule has 2 heterocycles. The fourth-order valence-corrected chi connectivity index (χ4v) is 3.85. The Morgan fingerprint density at radius 3 is 2.54 bits per heavy atom. The van der Waals surface area contributed by atoms with Gasteiger partial charge in [0.05, 0.1) is 0 Å². The summed E-state index contributed by atoms with van der Waals surface area (Å²) in [4.78, 5) is 16.6. The Morgan fingerprint density at radius 2 is 1.88 bits per heavy atom. The third kappa shape index (κ3) is 5.62. The summed E-state index contributed by atoms with van der Waals surface area (Å²) in [6, 6.07) is 1.75. The molecule has 1 N–H and O–H groups in total. The molecule has 5 nitrogen and oxygen atoms in total. The first-order valence-electron chi connectivity index (χ1n) is 9.60. The van der Waals surface area contributed by atoms with Gasteiger partial charge < -0.3 is 19.9 Å². The maximum atomic E-state index is 12.3. The van der Waals surface area contributed by atoms with E-state index in [2.05, 4.69) is 31.1 Å². The number of carbonyl (C=O) groups excluding carboxylic acids is 1. The first-order chi connectivity index (χ1) is 11.2. The minimum absolute atomic E-state index is 0.163. The highest BCUT2D eigenvalue weighted by Gasteiger charge is 2.31. The van der Waals surface area contributed by atoms with Crippen molar-refractivity contribution in [2.75, 3.05) is 26.7 Å². The third-order valence-electron chi connectivity index (χ3n) is 5.44. The monoisotopic (exact) mass is 339 g/mol. The van der Waals surface area contributed by atoms with E-state index in [1.165, 1.54) is 6.42 Å². The van der Waals surface area contributed by atoms with Crippen molar-refractivity contribution in [2.24, 2.45) is 5.92 Å². The van der Waals surface area contributed by atoms with Crippen molar-refractivity contribution >= 4 is 6.09 Å². The van der Waals surface area contributed by atoms with Crippen LogP contribution in [0.5, 0.6) is 0 Å². The van der Waals surface area contributed by atoms with Gasteiger partial charge in [-0.05, 0) is 66.3 Å². The number of rotatable bonds is 2. The molecule has 0 spiro atoms. The van der Waals surface area contributed by atoms with E-state index in [9.17, 15) is 4.79 Å². The summed E-state index contributed by atoms with van der Waals surface area (Å²) in [7, 11) is 2.22. The van der Waals surface area contributed by atoms with Crippen LogP contribution in [-0.4, -0.2) is 66.3 Å². The van der Waals surface area contributed by atoms with Gasteiger partial charge in [0, 0.05) is 37.8 Å². The maximum Gasteiger partial charge on any atom is 0.410 e. The summed E-state index contributed by atoms with van der Waals surface area (Å²) in [6.07, 6.45) is 4.26. The highest BCUT2D eigenvalue weighted by Crippen LogP contribution is 2.23. The second kappa shape index (κ2) is 8.05. The van der Waals surface area contributed by atoms with Gasteiger partial charge in [-0.1, -0.05) is 6.92 Å². The van der Waals surface area contributed by atoms with Crippen LogP contribution in [0.25, 0.3) is 0 Å². The molecule has 2 aliphatic rings. The van der Waals surface area contributed by atoms with Gasteiger partial charge in [0.15, 0.2) is 0 Å². The predicted octanol–water partition coefficient (Wildman–Crippen LogP) is 3.09. The zero-order valence-corrected chi connectivity index (χ0v) is 16.5. The molecule has 0 bridgehead atoms. The second-order valence-corrected chi connectivity index (χ2v) is 8.87. The van der Waals surface area contributed by atoms with Crippen LogP contribution in [0, 0.1) is 5.92 Å². The average molecular weight is 340 g/mol. The third-order valence-corrected chi connectivity index (χ3v) is 5.44. The molecular formula is C19H37N3O2. The van der Waals surface area contributed by atoms with Gasteiger partial charge in [0.1, 0.15) is 5.60 Å². The lowest BCUT2D eigenvalue weighted by atomic mass is 9.89. The average Bonchev–Trinajstić information content (AvgIpc) is 2.68. The quantitative estimate of drug-likeness (QED) is 0.840. The standard InChI is InChI=1S/C19H37N3O2/c1-14-13-21(6)15(2)12-17(14)20-16-8-7-10-22(11-9-16)18(23)24-19(3,4)5/h14-17,20H,7-13H2,1-6H3. The van der Waals surface area contributed by atoms with E-state index < -0.39 is 5.60 Å². The number of hydrogen-bond acceptors (Lipinski definition) is 4. The van der Waals surface area contributed by atoms with E-state index in [1.807, 2.05) is 25.7 Å². The molecule has 0 saturated carbocycles. The Labute approximate surface area is 148 Å². The predicted molar refractivity (Wildman–Crippen MR) is 98.2 cm³/mol. The number of hydrogen-bond donors (Lipinski definition) is 1. The molecule has 2 rings (SSSR count). The highest BCUT2D eigenvalue weighted by atomic mass is 16.6. The number of nitrogens with zero attached hydrogens (tertiary/aromatic N) is 2. The summed E-state index contributed by atoms with van der Waals surface area (Å²) >= 11 is 0. The molecule has 5 heteroatoms. The Morgan fingerprint density at radius 1 is 1.17 bits per heavy atom. The first kappa shape index (κ1) is 19.5. The fourth-order valence-electron chi connectivity index (χ4n) is 3.85. The largest absolute Gasteiger partial charge is 0.444 e. The van der Waals surface area contributed by atoms with Gasteiger partial charge in [-0.3, -0.25) is 0 Å². The highest BCUT2D eigenvalue weighted by molar-refractivity contribution is 5.68. The van der Waals surface area contributed by atoms with Gasteiger partial charge in [0.25, 0.3) is 0 Å². The van der Waals surface area contributed by atoms with Crippen molar-refractivity contribution in [1.82, 2.24) is 15.1 Å². The lowest BCUT2D eigenvalue weighted by molar-refractivity contribution is 0.0255. The molecule has 0 radical (unpaired) electrons. The summed E-state index contributed by atoms with van der Waals surface area (Å²) in [6.45, 7) is 13.2. The number of ether oxygens (including phenoxy) is 1. The molecule has 0 aromatic rings. The number of piperidine rings is 1. The Bertz CT molecular complexity index is 421. The Balaban J connectivity index is 1.84. The number of likely N-dealkylation sites (tertiary alicyclic amines) is 2. The summed E-state index contributed by atoms with van der Waals surface area (Å²) in [5.74, 6) is 0.677. The van der Waals surface area contributed by atoms with Crippen molar-refractivity contribution < 1.29 is 9.53 Å². The van der Waals surface area contributed by atoms with Crippen LogP contribution in [0.4, 0.5) is 4.79 Å². The molecule has 2 fully saturated rings. The molecule has 4 unspecified atom stereocenters. The smallest absolute Gasteiger partial charge is 0.410 e. The van der Waals surface area contributed by atoms with Gasteiger partial charge in [-0.15, -0.1) is 0 Å². The molecule has 2 saturated heterocycles. The van der Waals surface area contributed by atoms with Crippen LogP contribution in [0.15, 0.2) is 0 Å². The zero-order valence-electron chi connectivity index (χ0n) is 16.5. The van der Waals surface area contributed by atoms with Crippen LogP contribution < -0.4 is 5.32 Å². The SMILES string of the molecule is CC1CN(C)C(C)CC1NC1CCCN(C(=O)OC(C)(C)C)CC1. The number of carbonyl (C=O) groups is 1. The molecule has 140 valence electrons. The second-order valence-electron chi connectivity index (χ2n) is 8.87. The first-order valence-corrected chi connectivity index (χ1v) is 9.60. The van der Waals surface area contributed by atoms with E-state index in [0.717, 1.165) is 38.9 Å². The normalized spacial score (nSPS) is 33.2. The molecule has 0 aromatic heterocycles. The summed E-state index contributed by atoms with van der Waals surface area (Å²) in [5.41, 5.74) is -0.416. The van der Waals surface area contributed by atoms with Crippen LogP contribution in [0.2, 0.25) is 0 Å². The molecular weight excluding hydrogens is 302 g/mol. The van der Waals surface area contributed by atoms with E-state index in [4.69, 9.17) is 4.74 Å². The number of amides is 1. The topological polar surface area (TPSA) is 44.8 Å². The van der Waals surface area contributed by atoms with Crippen LogP contribution in [0.1, 0.15) is 60.3 Å². The Kier molecular flexibility index (Phi) is 6.54. The van der Waals surface area contributed by atoms with Crippen LogP contribution >= 0.6 is 0 Å².